The van der Waals surface area contributed by atoms with Gasteiger partial charge in [0.05, 0.1) is 11.8 Å². The topological polar surface area (TPSA) is 134 Å². The van der Waals surface area contributed by atoms with Gasteiger partial charge in [-0.1, -0.05) is 25.1 Å². The number of hydrogen-bond acceptors (Lipinski definition) is 7. The van der Waals surface area contributed by atoms with Gasteiger partial charge in [0.1, 0.15) is 12.4 Å². The molecule has 5 N–H and O–H groups in total. The zero-order valence-corrected chi connectivity index (χ0v) is 20.5. The Morgan fingerprint density at radius 1 is 1.14 bits per heavy atom. The zero-order chi connectivity index (χ0) is 25.7. The number of aliphatic hydroxyl groups is 1. The summed E-state index contributed by atoms with van der Waals surface area (Å²) in [6.07, 6.45) is 3.46. The maximum atomic E-state index is 13.4. The molecule has 1 saturated heterocycles. The minimum atomic E-state index is -0.352. The highest BCUT2D eigenvalue weighted by molar-refractivity contribution is 6.05. The van der Waals surface area contributed by atoms with Crippen LogP contribution in [0.4, 0.5) is 11.4 Å². The number of aliphatic hydroxyl groups excluding tert-OH is 1. The van der Waals surface area contributed by atoms with Gasteiger partial charge in [0.25, 0.3) is 11.8 Å². The van der Waals surface area contributed by atoms with E-state index in [0.717, 1.165) is 12.0 Å². The molecule has 2 aromatic rings. The van der Waals surface area contributed by atoms with Gasteiger partial charge >= 0.3 is 0 Å². The summed E-state index contributed by atoms with van der Waals surface area (Å²) in [5, 5.41) is 11.1. The number of likely N-dealkylation sites (tertiary alicyclic amines) is 1. The van der Waals surface area contributed by atoms with Crippen LogP contribution in [0.25, 0.3) is 6.08 Å². The van der Waals surface area contributed by atoms with E-state index < -0.39 is 0 Å². The fraction of sp³-hybridized carbons (Fsp3) is 0.370. The van der Waals surface area contributed by atoms with Crippen LogP contribution in [0.3, 0.4) is 0 Å². The van der Waals surface area contributed by atoms with Crippen LogP contribution in [0.15, 0.2) is 53.0 Å². The van der Waals surface area contributed by atoms with Crippen molar-refractivity contribution in [2.75, 3.05) is 25.4 Å². The Balaban J connectivity index is 1.52. The molecule has 0 atom stereocenters. The Kier molecular flexibility index (Phi) is 8.02. The zero-order valence-electron chi connectivity index (χ0n) is 20.5. The Bertz CT molecular complexity index is 1170. The molecular formula is C27H33N5O4. The average molecular weight is 492 g/mol. The summed E-state index contributed by atoms with van der Waals surface area (Å²) in [6.45, 7) is 3.67. The summed E-state index contributed by atoms with van der Waals surface area (Å²) < 4.78 is 0. The largest absolute Gasteiger partial charge is 0.399 e. The van der Waals surface area contributed by atoms with Crippen LogP contribution in [0.1, 0.15) is 54.1 Å². The second-order valence-electron chi connectivity index (χ2n) is 9.17. The van der Waals surface area contributed by atoms with Crippen molar-refractivity contribution in [1.82, 2.24) is 9.96 Å². The number of nitrogens with two attached hydrogens (primary N) is 2. The highest BCUT2D eigenvalue weighted by Gasteiger charge is 2.25. The quantitative estimate of drug-likeness (QED) is 0.403. The van der Waals surface area contributed by atoms with Crippen molar-refractivity contribution >= 4 is 35.1 Å². The molecule has 0 saturated carbocycles. The normalized spacial score (nSPS) is 16.0. The minimum Gasteiger partial charge on any atom is -0.399 e. The van der Waals surface area contributed by atoms with E-state index in [9.17, 15) is 14.7 Å². The number of carbonyl (C=O) groups is 2. The van der Waals surface area contributed by atoms with E-state index in [-0.39, 0.29) is 36.8 Å². The smallest absolute Gasteiger partial charge is 0.273 e. The molecule has 36 heavy (non-hydrogen) atoms. The highest BCUT2D eigenvalue weighted by atomic mass is 16.7. The van der Waals surface area contributed by atoms with E-state index in [2.05, 4.69) is 4.99 Å². The van der Waals surface area contributed by atoms with Crippen molar-refractivity contribution in [1.29, 1.82) is 0 Å². The molecule has 0 spiro atoms. The Morgan fingerprint density at radius 2 is 1.86 bits per heavy atom. The summed E-state index contributed by atoms with van der Waals surface area (Å²) in [6, 6.07) is 12.5. The molecular weight excluding hydrogens is 458 g/mol. The van der Waals surface area contributed by atoms with E-state index in [1.54, 1.807) is 41.3 Å². The number of fused-ring (bicyclic) bond motifs is 1. The number of piperidine rings is 1. The van der Waals surface area contributed by atoms with Crippen LogP contribution >= 0.6 is 0 Å². The molecule has 0 unspecified atom stereocenters. The molecule has 4 rings (SSSR count). The number of nitrogen functional groups attached to an aromatic ring is 1. The number of aliphatic imine (C=N–C) groups is 1. The first-order chi connectivity index (χ1) is 17.3. The monoisotopic (exact) mass is 491 g/mol. The average Bonchev–Trinajstić information content (AvgIpc) is 3.04. The van der Waals surface area contributed by atoms with Crippen molar-refractivity contribution in [3.05, 3.63) is 64.7 Å². The minimum absolute atomic E-state index is 0.104. The molecule has 9 heteroatoms. The Hall–Kier alpha value is -3.69. The van der Waals surface area contributed by atoms with Crippen LogP contribution in [0.2, 0.25) is 0 Å². The molecule has 2 heterocycles. The van der Waals surface area contributed by atoms with E-state index >= 15 is 0 Å². The predicted molar refractivity (Wildman–Crippen MR) is 139 cm³/mol. The summed E-state index contributed by atoms with van der Waals surface area (Å²) in [4.78, 5) is 38.5. The molecule has 2 aliphatic rings. The lowest BCUT2D eigenvalue weighted by atomic mass is 10.0. The van der Waals surface area contributed by atoms with Gasteiger partial charge in [-0.25, -0.2) is 10.1 Å². The molecule has 0 aliphatic carbocycles. The van der Waals surface area contributed by atoms with E-state index in [1.807, 2.05) is 19.1 Å². The number of carbonyl (C=O) groups excluding carboxylic acids is 2. The van der Waals surface area contributed by atoms with Crippen LogP contribution < -0.4 is 11.5 Å². The van der Waals surface area contributed by atoms with Gasteiger partial charge in [0, 0.05) is 48.4 Å². The SMILES string of the molecule is CCCN(OCc1ccc(N)cc1)C(=O)C1=Cc2ccc(C(=O)N3CCC(O)CC3)cc2N=C(N)C1. The summed E-state index contributed by atoms with van der Waals surface area (Å²) in [5.41, 5.74) is 15.7. The summed E-state index contributed by atoms with van der Waals surface area (Å²) in [7, 11) is 0. The van der Waals surface area contributed by atoms with Gasteiger partial charge in [0.2, 0.25) is 0 Å². The first kappa shape index (κ1) is 25.4. The number of amides is 2. The predicted octanol–water partition coefficient (Wildman–Crippen LogP) is 3.01. The molecule has 9 nitrogen and oxygen atoms in total. The number of hydrogen-bond donors (Lipinski definition) is 3. The Labute approximate surface area is 211 Å². The van der Waals surface area contributed by atoms with Crippen LogP contribution in [0, 0.1) is 0 Å². The Morgan fingerprint density at radius 3 is 2.56 bits per heavy atom. The van der Waals surface area contributed by atoms with Crippen molar-refractivity contribution in [2.24, 2.45) is 10.7 Å². The lowest BCUT2D eigenvalue weighted by Crippen LogP contribution is -2.40. The molecule has 0 aromatic heterocycles. The molecule has 0 bridgehead atoms. The van der Waals surface area contributed by atoms with Crippen molar-refractivity contribution in [2.45, 2.75) is 45.3 Å². The van der Waals surface area contributed by atoms with Crippen LogP contribution in [0.5, 0.6) is 0 Å². The van der Waals surface area contributed by atoms with Gasteiger partial charge < -0.3 is 21.5 Å². The van der Waals surface area contributed by atoms with Crippen molar-refractivity contribution < 1.29 is 19.5 Å². The van der Waals surface area contributed by atoms with Crippen molar-refractivity contribution in [3.8, 4) is 0 Å². The van der Waals surface area contributed by atoms with Crippen LogP contribution in [-0.4, -0.2) is 58.5 Å². The van der Waals surface area contributed by atoms with E-state index in [0.29, 0.717) is 60.6 Å². The molecule has 0 radical (unpaired) electrons. The maximum Gasteiger partial charge on any atom is 0.273 e. The lowest BCUT2D eigenvalue weighted by molar-refractivity contribution is -0.187. The molecule has 2 aliphatic heterocycles. The molecule has 2 amide bonds. The summed E-state index contributed by atoms with van der Waals surface area (Å²) >= 11 is 0. The number of benzene rings is 2. The number of amidine groups is 1. The third-order valence-corrected chi connectivity index (χ3v) is 6.29. The molecule has 2 aromatic carbocycles. The highest BCUT2D eigenvalue weighted by Crippen LogP contribution is 2.29. The van der Waals surface area contributed by atoms with Gasteiger partial charge in [-0.15, -0.1) is 0 Å². The first-order valence-corrected chi connectivity index (χ1v) is 12.3. The van der Waals surface area contributed by atoms with Gasteiger partial charge in [-0.3, -0.25) is 14.4 Å². The number of hydroxylamine groups is 2. The fourth-order valence-electron chi connectivity index (χ4n) is 4.27. The number of anilines is 1. The van der Waals surface area contributed by atoms with Crippen LogP contribution in [-0.2, 0) is 16.2 Å². The van der Waals surface area contributed by atoms with Gasteiger partial charge in [-0.2, -0.15) is 0 Å². The van der Waals surface area contributed by atoms with E-state index in [1.165, 1.54) is 5.06 Å². The number of rotatable bonds is 7. The second kappa shape index (κ2) is 11.4. The third-order valence-electron chi connectivity index (χ3n) is 6.29. The third kappa shape index (κ3) is 6.10. The number of nitrogens with zero attached hydrogens (tertiary/aromatic N) is 3. The van der Waals surface area contributed by atoms with E-state index in [4.69, 9.17) is 16.3 Å². The second-order valence-corrected chi connectivity index (χ2v) is 9.17. The molecule has 1 fully saturated rings. The lowest BCUT2D eigenvalue weighted by Gasteiger charge is -2.29. The van der Waals surface area contributed by atoms with Crippen molar-refractivity contribution in [3.63, 3.8) is 0 Å². The van der Waals surface area contributed by atoms with Gasteiger partial charge in [-0.05, 0) is 55.2 Å². The molecule has 190 valence electrons. The van der Waals surface area contributed by atoms with Gasteiger partial charge in [0.15, 0.2) is 0 Å². The standard InChI is InChI=1S/C27H33N5O4/c1-2-11-32(36-17-18-3-7-22(28)8-4-18)27(35)21-14-19-5-6-20(15-24(19)30-25(29)16-21)26(34)31-12-9-23(33)10-13-31/h3-8,14-15,23,33H,2,9-13,16-17,28H2,1H3,(H2,29,30). The first-order valence-electron chi connectivity index (χ1n) is 12.3. The maximum absolute atomic E-state index is 13.4. The summed E-state index contributed by atoms with van der Waals surface area (Å²) in [5.74, 6) is -0.0902. The fourth-order valence-corrected chi connectivity index (χ4v) is 4.27.